The van der Waals surface area contributed by atoms with Crippen molar-refractivity contribution in [2.75, 3.05) is 33.8 Å². The second-order valence-corrected chi connectivity index (χ2v) is 6.51. The van der Waals surface area contributed by atoms with E-state index in [-0.39, 0.29) is 30.5 Å². The van der Waals surface area contributed by atoms with E-state index in [9.17, 15) is 18.0 Å². The Labute approximate surface area is 179 Å². The number of nitrogens with one attached hydrogen (secondary N) is 2. The van der Waals surface area contributed by atoms with Gasteiger partial charge in [-0.25, -0.2) is 0 Å². The molecule has 1 aliphatic rings. The largest absolute Gasteiger partial charge is 0.493 e. The first kappa shape index (κ1) is 24.3. The summed E-state index contributed by atoms with van der Waals surface area (Å²) in [6.07, 6.45) is -2.02. The standard InChI is InChI=1S/C18H25F3N4O2.HI/c1-22-17(24-10-16(26)25(2)12-18(19,20)21)23-9-14-5-3-4-6-15(14)27-11-13-7-8-13;/h3-6,13H,7-12H2,1-2H3,(H2,22,23,24);1H. The normalized spacial score (nSPS) is 14.1. The monoisotopic (exact) mass is 514 g/mol. The molecule has 0 aliphatic heterocycles. The first-order chi connectivity index (χ1) is 12.8. The van der Waals surface area contributed by atoms with E-state index in [0.717, 1.165) is 18.4 Å². The zero-order valence-corrected chi connectivity index (χ0v) is 18.2. The number of carbonyl (C=O) groups excluding carboxylic acids is 1. The molecule has 0 unspecified atom stereocenters. The third-order valence-electron chi connectivity index (χ3n) is 4.06. The summed E-state index contributed by atoms with van der Waals surface area (Å²) >= 11 is 0. The number of ether oxygens (including phenoxy) is 1. The number of benzene rings is 1. The van der Waals surface area contributed by atoms with Crippen molar-refractivity contribution in [1.29, 1.82) is 0 Å². The van der Waals surface area contributed by atoms with Crippen molar-refractivity contribution < 1.29 is 22.7 Å². The van der Waals surface area contributed by atoms with E-state index in [1.165, 1.54) is 19.9 Å². The third kappa shape index (κ3) is 8.98. The van der Waals surface area contributed by atoms with Crippen LogP contribution in [0, 0.1) is 5.92 Å². The average molecular weight is 514 g/mol. The van der Waals surface area contributed by atoms with Gasteiger partial charge in [-0.1, -0.05) is 18.2 Å². The Bertz CT molecular complexity index is 666. The Hall–Kier alpha value is -1.72. The highest BCUT2D eigenvalue weighted by molar-refractivity contribution is 14.0. The van der Waals surface area contributed by atoms with Crippen LogP contribution in [0.1, 0.15) is 18.4 Å². The van der Waals surface area contributed by atoms with Crippen LogP contribution in [0.15, 0.2) is 29.3 Å². The lowest BCUT2D eigenvalue weighted by Gasteiger charge is -2.20. The zero-order valence-electron chi connectivity index (χ0n) is 15.9. The fourth-order valence-corrected chi connectivity index (χ4v) is 2.33. The highest BCUT2D eigenvalue weighted by Gasteiger charge is 2.31. The van der Waals surface area contributed by atoms with E-state index >= 15 is 0 Å². The molecule has 1 aromatic rings. The summed E-state index contributed by atoms with van der Waals surface area (Å²) in [5, 5.41) is 5.76. The van der Waals surface area contributed by atoms with Crippen molar-refractivity contribution in [1.82, 2.24) is 15.5 Å². The summed E-state index contributed by atoms with van der Waals surface area (Å²) in [6, 6.07) is 7.61. The second-order valence-electron chi connectivity index (χ2n) is 6.51. The number of aliphatic imine (C=N–C) groups is 1. The van der Waals surface area contributed by atoms with E-state index in [1.54, 1.807) is 0 Å². The van der Waals surface area contributed by atoms with Crippen LogP contribution in [0.4, 0.5) is 13.2 Å². The van der Waals surface area contributed by atoms with E-state index in [1.807, 2.05) is 24.3 Å². The zero-order chi connectivity index (χ0) is 19.9. The number of amides is 1. The minimum absolute atomic E-state index is 0. The van der Waals surface area contributed by atoms with Gasteiger partial charge in [0.15, 0.2) is 5.96 Å². The second kappa shape index (κ2) is 11.3. The maximum Gasteiger partial charge on any atom is 0.406 e. The molecule has 2 rings (SSSR count). The van der Waals surface area contributed by atoms with Crippen molar-refractivity contribution in [2.24, 2.45) is 10.9 Å². The number of likely N-dealkylation sites (N-methyl/N-ethyl adjacent to an activating group) is 1. The van der Waals surface area contributed by atoms with Crippen LogP contribution < -0.4 is 15.4 Å². The van der Waals surface area contributed by atoms with Crippen LogP contribution in [0.5, 0.6) is 5.75 Å². The van der Waals surface area contributed by atoms with Crippen molar-refractivity contribution in [3.8, 4) is 5.75 Å². The fourth-order valence-electron chi connectivity index (χ4n) is 2.33. The van der Waals surface area contributed by atoms with E-state index in [2.05, 4.69) is 15.6 Å². The van der Waals surface area contributed by atoms with Gasteiger partial charge >= 0.3 is 6.18 Å². The predicted octanol–water partition coefficient (Wildman–Crippen LogP) is 2.78. The van der Waals surface area contributed by atoms with Crippen LogP contribution in [0.25, 0.3) is 0 Å². The summed E-state index contributed by atoms with van der Waals surface area (Å²) in [4.78, 5) is 16.4. The molecule has 158 valence electrons. The Balaban J connectivity index is 0.00000392. The smallest absolute Gasteiger partial charge is 0.406 e. The highest BCUT2D eigenvalue weighted by atomic mass is 127. The number of para-hydroxylation sites is 1. The molecule has 1 fully saturated rings. The van der Waals surface area contributed by atoms with E-state index in [4.69, 9.17) is 4.74 Å². The molecule has 0 heterocycles. The van der Waals surface area contributed by atoms with Crippen LogP contribution in [-0.4, -0.2) is 56.7 Å². The average Bonchev–Trinajstić information content (AvgIpc) is 3.43. The number of hydrogen-bond acceptors (Lipinski definition) is 3. The Morgan fingerprint density at radius 1 is 1.29 bits per heavy atom. The summed E-state index contributed by atoms with van der Waals surface area (Å²) in [5.41, 5.74) is 0.932. The van der Waals surface area contributed by atoms with Gasteiger partial charge in [0.2, 0.25) is 5.91 Å². The molecule has 28 heavy (non-hydrogen) atoms. The van der Waals surface area contributed by atoms with Gasteiger partial charge in [-0.2, -0.15) is 13.2 Å². The lowest BCUT2D eigenvalue weighted by Crippen LogP contribution is -2.45. The van der Waals surface area contributed by atoms with Crippen molar-refractivity contribution in [3.63, 3.8) is 0 Å². The molecular weight excluding hydrogens is 488 g/mol. The summed E-state index contributed by atoms with van der Waals surface area (Å²) < 4.78 is 42.8. The summed E-state index contributed by atoms with van der Waals surface area (Å²) in [6.45, 7) is -0.464. The summed E-state index contributed by atoms with van der Waals surface area (Å²) in [7, 11) is 2.63. The van der Waals surface area contributed by atoms with Crippen molar-refractivity contribution in [2.45, 2.75) is 25.6 Å². The molecule has 1 aromatic carbocycles. The number of nitrogens with zero attached hydrogens (tertiary/aromatic N) is 2. The highest BCUT2D eigenvalue weighted by Crippen LogP contribution is 2.30. The van der Waals surface area contributed by atoms with Crippen molar-refractivity contribution >= 4 is 35.8 Å². The molecule has 10 heteroatoms. The quantitative estimate of drug-likeness (QED) is 0.318. The van der Waals surface area contributed by atoms with Gasteiger partial charge in [0.05, 0.1) is 13.2 Å². The van der Waals surface area contributed by atoms with Gasteiger partial charge in [-0.3, -0.25) is 9.79 Å². The molecule has 0 aromatic heterocycles. The number of alkyl halides is 3. The number of carbonyl (C=O) groups is 1. The molecule has 0 atom stereocenters. The lowest BCUT2D eigenvalue weighted by molar-refractivity contribution is -0.157. The first-order valence-corrected chi connectivity index (χ1v) is 8.74. The topological polar surface area (TPSA) is 66.0 Å². The van der Waals surface area contributed by atoms with Gasteiger partial charge in [0.25, 0.3) is 0 Å². The molecule has 2 N–H and O–H groups in total. The van der Waals surface area contributed by atoms with Crippen LogP contribution in [-0.2, 0) is 11.3 Å². The van der Waals surface area contributed by atoms with E-state index in [0.29, 0.717) is 29.9 Å². The fraction of sp³-hybridized carbons (Fsp3) is 0.556. The first-order valence-electron chi connectivity index (χ1n) is 8.74. The molecular formula is C18H26F3IN4O2. The molecule has 1 saturated carbocycles. The maximum atomic E-state index is 12.3. The third-order valence-corrected chi connectivity index (χ3v) is 4.06. The minimum Gasteiger partial charge on any atom is -0.493 e. The summed E-state index contributed by atoms with van der Waals surface area (Å²) in [5.74, 6) is 1.07. The molecule has 6 nitrogen and oxygen atoms in total. The lowest BCUT2D eigenvalue weighted by atomic mass is 10.2. The molecule has 1 aliphatic carbocycles. The van der Waals surface area contributed by atoms with Crippen molar-refractivity contribution in [3.05, 3.63) is 29.8 Å². The molecule has 1 amide bonds. The van der Waals surface area contributed by atoms with Gasteiger partial charge in [0, 0.05) is 26.2 Å². The predicted molar refractivity (Wildman–Crippen MR) is 112 cm³/mol. The van der Waals surface area contributed by atoms with Gasteiger partial charge in [-0.15, -0.1) is 24.0 Å². The number of guanidine groups is 1. The molecule has 0 saturated heterocycles. The Morgan fingerprint density at radius 3 is 2.57 bits per heavy atom. The SMILES string of the molecule is CN=C(NCC(=O)N(C)CC(F)(F)F)NCc1ccccc1OCC1CC1.I. The van der Waals surface area contributed by atoms with E-state index < -0.39 is 18.6 Å². The molecule has 0 bridgehead atoms. The molecule has 0 spiro atoms. The van der Waals surface area contributed by atoms with Crippen LogP contribution >= 0.6 is 24.0 Å². The van der Waals surface area contributed by atoms with Crippen LogP contribution in [0.3, 0.4) is 0 Å². The number of halogens is 4. The van der Waals surface area contributed by atoms with Gasteiger partial charge < -0.3 is 20.3 Å². The maximum absolute atomic E-state index is 12.3. The van der Waals surface area contributed by atoms with Gasteiger partial charge in [-0.05, 0) is 24.8 Å². The minimum atomic E-state index is -4.42. The molecule has 0 radical (unpaired) electrons. The number of rotatable bonds is 8. The number of hydrogen-bond donors (Lipinski definition) is 2. The Morgan fingerprint density at radius 2 is 1.96 bits per heavy atom. The van der Waals surface area contributed by atoms with Gasteiger partial charge in [0.1, 0.15) is 12.3 Å². The Kier molecular flexibility index (Phi) is 9.83. The van der Waals surface area contributed by atoms with Crippen LogP contribution in [0.2, 0.25) is 0 Å².